The first-order chi connectivity index (χ1) is 15.3. The molecule has 1 atom stereocenters. The Bertz CT molecular complexity index is 1090. The van der Waals surface area contributed by atoms with Crippen LogP contribution in [0.15, 0.2) is 114 Å². The predicted molar refractivity (Wildman–Crippen MR) is 129 cm³/mol. The third-order valence-corrected chi connectivity index (χ3v) is 5.31. The fraction of sp³-hybridized carbons (Fsp3) is 0.107. The lowest BCUT2D eigenvalue weighted by Gasteiger charge is -2.13. The molecule has 0 spiro atoms. The number of nitrogens with zero attached hydrogens (tertiary/aromatic N) is 1. The molecule has 3 heteroatoms. The first kappa shape index (κ1) is 20.9. The van der Waals surface area contributed by atoms with Crippen molar-refractivity contribution in [2.75, 3.05) is 0 Å². The zero-order valence-corrected chi connectivity index (χ0v) is 18.0. The lowest BCUT2D eigenvalue weighted by Crippen LogP contribution is -2.01. The number of rotatable bonds is 8. The van der Waals surface area contributed by atoms with Gasteiger partial charge in [-0.1, -0.05) is 84.4 Å². The Hall–Kier alpha value is -3.36. The van der Waals surface area contributed by atoms with Crippen molar-refractivity contribution in [1.29, 1.82) is 0 Å². The molecule has 0 N–H and O–H groups in total. The van der Waals surface area contributed by atoms with Gasteiger partial charge in [0.15, 0.2) is 0 Å². The molecule has 4 aromatic rings. The van der Waals surface area contributed by atoms with E-state index in [9.17, 15) is 0 Å². The second-order valence-electron chi connectivity index (χ2n) is 7.38. The molecular weight excluding hydrogens is 402 g/mol. The van der Waals surface area contributed by atoms with Crippen LogP contribution in [-0.4, -0.2) is 6.21 Å². The molecule has 4 rings (SSSR count). The van der Waals surface area contributed by atoms with E-state index in [0.29, 0.717) is 6.61 Å². The van der Waals surface area contributed by atoms with Gasteiger partial charge in [-0.2, -0.15) is 0 Å². The van der Waals surface area contributed by atoms with E-state index in [1.165, 1.54) is 11.1 Å². The topological polar surface area (TPSA) is 21.6 Å². The number of hydrogen-bond acceptors (Lipinski definition) is 2. The molecule has 0 aromatic heterocycles. The average molecular weight is 426 g/mol. The van der Waals surface area contributed by atoms with E-state index >= 15 is 0 Å². The lowest BCUT2D eigenvalue weighted by molar-refractivity contribution is 0.306. The summed E-state index contributed by atoms with van der Waals surface area (Å²) in [7, 11) is 0. The zero-order chi connectivity index (χ0) is 21.3. The normalized spacial score (nSPS) is 12.0. The molecule has 0 aliphatic rings. The number of benzene rings is 4. The van der Waals surface area contributed by atoms with Crippen LogP contribution in [0.3, 0.4) is 0 Å². The van der Waals surface area contributed by atoms with Gasteiger partial charge in [0, 0.05) is 11.2 Å². The highest BCUT2D eigenvalue weighted by atomic mass is 35.5. The summed E-state index contributed by atoms with van der Waals surface area (Å²) in [5.41, 5.74) is 4.60. The first-order valence-electron chi connectivity index (χ1n) is 10.4. The minimum atomic E-state index is 0.0383. The van der Waals surface area contributed by atoms with Crippen molar-refractivity contribution >= 4 is 17.8 Å². The van der Waals surface area contributed by atoms with E-state index in [2.05, 4.69) is 48.5 Å². The standard InChI is InChI=1S/C28H24ClNO/c29-26-15-11-22(12-16-26)19-28(25-9-5-2-6-10-25)30-20-23-13-17-27(18-14-23)31-21-24-7-3-1-4-8-24/h1-18,20,28H,19,21H2/b30-20+. The molecule has 0 heterocycles. The molecule has 2 nitrogen and oxygen atoms in total. The van der Waals surface area contributed by atoms with E-state index in [0.717, 1.165) is 28.3 Å². The molecule has 0 radical (unpaired) electrons. The average Bonchev–Trinajstić information content (AvgIpc) is 2.83. The number of hydrogen-bond donors (Lipinski definition) is 0. The molecule has 1 unspecified atom stereocenters. The summed E-state index contributed by atoms with van der Waals surface area (Å²) in [6, 6.07) is 36.6. The molecule has 0 amide bonds. The Labute approximate surface area is 188 Å². The first-order valence-corrected chi connectivity index (χ1v) is 10.7. The fourth-order valence-corrected chi connectivity index (χ4v) is 3.47. The molecule has 0 aliphatic heterocycles. The maximum atomic E-state index is 6.04. The monoisotopic (exact) mass is 425 g/mol. The largest absolute Gasteiger partial charge is 0.489 e. The van der Waals surface area contributed by atoms with Crippen LogP contribution in [0.1, 0.15) is 28.3 Å². The Kier molecular flexibility index (Phi) is 7.15. The molecule has 0 saturated carbocycles. The predicted octanol–water partition coefficient (Wildman–Crippen LogP) is 7.32. The molecule has 0 saturated heterocycles. The van der Waals surface area contributed by atoms with Crippen LogP contribution in [0.2, 0.25) is 5.02 Å². The van der Waals surface area contributed by atoms with Gasteiger partial charge in [0.2, 0.25) is 0 Å². The number of halogens is 1. The van der Waals surface area contributed by atoms with Crippen molar-refractivity contribution in [2.45, 2.75) is 19.1 Å². The van der Waals surface area contributed by atoms with Crippen molar-refractivity contribution in [3.63, 3.8) is 0 Å². The number of ether oxygens (including phenoxy) is 1. The fourth-order valence-electron chi connectivity index (χ4n) is 3.34. The summed E-state index contributed by atoms with van der Waals surface area (Å²) in [6.07, 6.45) is 2.75. The van der Waals surface area contributed by atoms with Crippen LogP contribution < -0.4 is 4.74 Å². The highest BCUT2D eigenvalue weighted by Gasteiger charge is 2.10. The summed E-state index contributed by atoms with van der Waals surface area (Å²) in [4.78, 5) is 4.91. The van der Waals surface area contributed by atoms with Gasteiger partial charge in [-0.15, -0.1) is 0 Å². The molecule has 0 bridgehead atoms. The highest BCUT2D eigenvalue weighted by Crippen LogP contribution is 2.23. The molecule has 4 aromatic carbocycles. The van der Waals surface area contributed by atoms with Crippen molar-refractivity contribution in [3.05, 3.63) is 136 Å². The Balaban J connectivity index is 1.44. The van der Waals surface area contributed by atoms with Crippen LogP contribution in [0.4, 0.5) is 0 Å². The van der Waals surface area contributed by atoms with E-state index in [1.54, 1.807) is 0 Å². The van der Waals surface area contributed by atoms with Crippen LogP contribution >= 0.6 is 11.6 Å². The maximum absolute atomic E-state index is 6.04. The molecule has 31 heavy (non-hydrogen) atoms. The van der Waals surface area contributed by atoms with E-state index in [-0.39, 0.29) is 6.04 Å². The van der Waals surface area contributed by atoms with E-state index < -0.39 is 0 Å². The van der Waals surface area contributed by atoms with E-state index in [1.807, 2.05) is 66.9 Å². The highest BCUT2D eigenvalue weighted by molar-refractivity contribution is 6.30. The van der Waals surface area contributed by atoms with E-state index in [4.69, 9.17) is 21.3 Å². The van der Waals surface area contributed by atoms with Crippen LogP contribution in [0.25, 0.3) is 0 Å². The van der Waals surface area contributed by atoms with Gasteiger partial charge in [0.05, 0.1) is 6.04 Å². The summed E-state index contributed by atoms with van der Waals surface area (Å²) in [5, 5.41) is 0.748. The van der Waals surface area contributed by atoms with Gasteiger partial charge < -0.3 is 4.74 Å². The van der Waals surface area contributed by atoms with Crippen LogP contribution in [0.5, 0.6) is 5.75 Å². The van der Waals surface area contributed by atoms with Crippen LogP contribution in [-0.2, 0) is 13.0 Å². The zero-order valence-electron chi connectivity index (χ0n) is 17.2. The summed E-state index contributed by atoms with van der Waals surface area (Å²) >= 11 is 6.04. The second kappa shape index (κ2) is 10.6. The van der Waals surface area contributed by atoms with Crippen molar-refractivity contribution in [2.24, 2.45) is 4.99 Å². The minimum Gasteiger partial charge on any atom is -0.489 e. The van der Waals surface area contributed by atoms with Gasteiger partial charge >= 0.3 is 0 Å². The smallest absolute Gasteiger partial charge is 0.119 e. The van der Waals surface area contributed by atoms with Gasteiger partial charge in [0.1, 0.15) is 12.4 Å². The quantitative estimate of drug-likeness (QED) is 0.271. The third-order valence-electron chi connectivity index (χ3n) is 5.06. The second-order valence-corrected chi connectivity index (χ2v) is 7.81. The SMILES string of the molecule is Clc1ccc(CC(/N=C/c2ccc(OCc3ccccc3)cc2)c2ccccc2)cc1. The van der Waals surface area contributed by atoms with Gasteiger partial charge in [-0.3, -0.25) is 4.99 Å². The molecule has 0 aliphatic carbocycles. The van der Waals surface area contributed by atoms with Crippen molar-refractivity contribution in [3.8, 4) is 5.75 Å². The van der Waals surface area contributed by atoms with Crippen LogP contribution in [0, 0.1) is 0 Å². The number of aliphatic imine (C=N–C) groups is 1. The summed E-state index contributed by atoms with van der Waals surface area (Å²) in [5.74, 6) is 0.849. The van der Waals surface area contributed by atoms with Crippen molar-refractivity contribution in [1.82, 2.24) is 0 Å². The molecule has 154 valence electrons. The van der Waals surface area contributed by atoms with Crippen molar-refractivity contribution < 1.29 is 4.74 Å². The maximum Gasteiger partial charge on any atom is 0.119 e. The Morgan fingerprint density at radius 3 is 2.03 bits per heavy atom. The summed E-state index contributed by atoms with van der Waals surface area (Å²) < 4.78 is 5.88. The van der Waals surface area contributed by atoms with Gasteiger partial charge in [-0.25, -0.2) is 0 Å². The van der Waals surface area contributed by atoms with Gasteiger partial charge in [0.25, 0.3) is 0 Å². The minimum absolute atomic E-state index is 0.0383. The molecular formula is C28H24ClNO. The summed E-state index contributed by atoms with van der Waals surface area (Å²) in [6.45, 7) is 0.561. The Morgan fingerprint density at radius 1 is 0.710 bits per heavy atom. The third kappa shape index (κ3) is 6.31. The molecule has 0 fully saturated rings. The Morgan fingerprint density at radius 2 is 1.35 bits per heavy atom. The lowest BCUT2D eigenvalue weighted by atomic mass is 9.99. The van der Waals surface area contributed by atoms with Gasteiger partial charge in [-0.05, 0) is 65.1 Å².